The Hall–Kier alpha value is -0.356. The molecule has 1 unspecified atom stereocenters. The minimum Gasteiger partial charge on any atom is -0.409 e. The summed E-state index contributed by atoms with van der Waals surface area (Å²) in [5, 5.41) is 0.0585. The van der Waals surface area contributed by atoms with Gasteiger partial charge in [0.2, 0.25) is 0 Å². The van der Waals surface area contributed by atoms with E-state index in [1.165, 1.54) is 0 Å². The summed E-state index contributed by atoms with van der Waals surface area (Å²) in [6.45, 7) is 24.4. The summed E-state index contributed by atoms with van der Waals surface area (Å²) in [7, 11) is -4.06. The molecule has 0 aromatic heterocycles. The predicted molar refractivity (Wildman–Crippen MR) is 142 cm³/mol. The van der Waals surface area contributed by atoms with E-state index in [-0.39, 0.29) is 28.4 Å². The molecule has 2 rings (SSSR count). The van der Waals surface area contributed by atoms with E-state index in [1.807, 2.05) is 37.3 Å². The molecule has 5 nitrogen and oxygen atoms in total. The van der Waals surface area contributed by atoms with Crippen LogP contribution < -0.4 is 0 Å². The second-order valence-corrected chi connectivity index (χ2v) is 23.2. The molecule has 1 aliphatic heterocycles. The van der Waals surface area contributed by atoms with Gasteiger partial charge in [0.05, 0.1) is 23.0 Å². The van der Waals surface area contributed by atoms with Gasteiger partial charge in [-0.15, -0.1) is 0 Å². The summed E-state index contributed by atoms with van der Waals surface area (Å²) in [6, 6.07) is 9.46. The Bertz CT molecular complexity index is 801. The number of hydrogen-bond acceptors (Lipinski definition) is 5. The molecule has 0 N–H and O–H groups in total. The van der Waals surface area contributed by atoms with E-state index in [9.17, 15) is 4.21 Å². The van der Waals surface area contributed by atoms with E-state index in [1.54, 1.807) is 7.11 Å². The van der Waals surface area contributed by atoms with Crippen molar-refractivity contribution in [2.24, 2.45) is 0 Å². The largest absolute Gasteiger partial charge is 0.409 e. The Balaban J connectivity index is 2.51. The van der Waals surface area contributed by atoms with Gasteiger partial charge < -0.3 is 18.3 Å². The molecule has 6 atom stereocenters. The fourth-order valence-electron chi connectivity index (χ4n) is 3.41. The maximum absolute atomic E-state index is 13.6. The molecule has 1 heterocycles. The van der Waals surface area contributed by atoms with Crippen molar-refractivity contribution in [3.05, 3.63) is 30.3 Å². The lowest BCUT2D eigenvalue weighted by atomic mass is 10.0. The van der Waals surface area contributed by atoms with Crippen LogP contribution in [0, 0.1) is 0 Å². The number of ether oxygens (including phenoxy) is 2. The van der Waals surface area contributed by atoms with Crippen molar-refractivity contribution in [3.63, 3.8) is 0 Å². The highest BCUT2D eigenvalue weighted by Crippen LogP contribution is 2.44. The molecule has 0 amide bonds. The van der Waals surface area contributed by atoms with E-state index in [2.05, 4.69) is 67.7 Å². The molecular formula is C25H46O5SSi2. The fourth-order valence-corrected chi connectivity index (χ4v) is 7.55. The topological polar surface area (TPSA) is 54.0 Å². The molecule has 190 valence electrons. The van der Waals surface area contributed by atoms with E-state index in [0.29, 0.717) is 0 Å². The van der Waals surface area contributed by atoms with Crippen LogP contribution in [0.25, 0.3) is 0 Å². The number of rotatable bonds is 7. The first-order chi connectivity index (χ1) is 14.9. The smallest absolute Gasteiger partial charge is 0.192 e. The lowest BCUT2D eigenvalue weighted by molar-refractivity contribution is -0.192. The van der Waals surface area contributed by atoms with Crippen molar-refractivity contribution < 1.29 is 22.5 Å². The minimum atomic E-state index is -2.19. The first-order valence-corrected chi connectivity index (χ1v) is 19.0. The van der Waals surface area contributed by atoms with E-state index >= 15 is 0 Å². The maximum Gasteiger partial charge on any atom is 0.192 e. The van der Waals surface area contributed by atoms with Crippen LogP contribution in [0.1, 0.15) is 48.5 Å². The number of hydrogen-bond donors (Lipinski definition) is 0. The molecule has 0 saturated carbocycles. The monoisotopic (exact) mass is 514 g/mol. The SMILES string of the molecule is CO[C@@H]1[C@H](O[Si](C)(C)C(C)(C)C)[C@@H](O[Si](C)(C)C(C)(C)C)[C@H](C)O[C@H]1S(=O)c1ccccc1. The molecule has 0 aliphatic carbocycles. The zero-order valence-electron chi connectivity index (χ0n) is 22.7. The van der Waals surface area contributed by atoms with Crippen LogP contribution in [0.3, 0.4) is 0 Å². The summed E-state index contributed by atoms with van der Waals surface area (Å²) in [5.74, 6) is 0. The van der Waals surface area contributed by atoms with Gasteiger partial charge in [-0.05, 0) is 55.3 Å². The fraction of sp³-hybridized carbons (Fsp3) is 0.760. The summed E-state index contributed by atoms with van der Waals surface area (Å²) in [4.78, 5) is 0.728. The zero-order valence-corrected chi connectivity index (χ0v) is 25.5. The average Bonchev–Trinajstić information content (AvgIpc) is 2.68. The molecule has 33 heavy (non-hydrogen) atoms. The molecule has 1 aliphatic rings. The Labute approximate surface area is 206 Å². The van der Waals surface area contributed by atoms with Crippen LogP contribution >= 0.6 is 0 Å². The molecular weight excluding hydrogens is 469 g/mol. The third-order valence-electron chi connectivity index (χ3n) is 7.66. The van der Waals surface area contributed by atoms with Crippen LogP contribution in [0.4, 0.5) is 0 Å². The van der Waals surface area contributed by atoms with Crippen LogP contribution in [-0.2, 0) is 29.1 Å². The highest BCUT2D eigenvalue weighted by Gasteiger charge is 2.54. The highest BCUT2D eigenvalue weighted by atomic mass is 32.2. The van der Waals surface area contributed by atoms with Gasteiger partial charge in [-0.25, -0.2) is 0 Å². The number of benzene rings is 1. The maximum atomic E-state index is 13.6. The summed E-state index contributed by atoms with van der Waals surface area (Å²) in [6.07, 6.45) is -1.45. The van der Waals surface area contributed by atoms with Crippen molar-refractivity contribution >= 4 is 27.4 Å². The molecule has 0 spiro atoms. The summed E-state index contributed by atoms with van der Waals surface area (Å²) >= 11 is 0. The normalized spacial score (nSPS) is 28.5. The summed E-state index contributed by atoms with van der Waals surface area (Å²) < 4.78 is 40.0. The molecule has 1 saturated heterocycles. The van der Waals surface area contributed by atoms with Gasteiger partial charge in [0.1, 0.15) is 12.2 Å². The van der Waals surface area contributed by atoms with Gasteiger partial charge in [0.25, 0.3) is 0 Å². The van der Waals surface area contributed by atoms with Gasteiger partial charge in [0.15, 0.2) is 22.1 Å². The van der Waals surface area contributed by atoms with E-state index in [0.717, 1.165) is 4.90 Å². The predicted octanol–water partition coefficient (Wildman–Crippen LogP) is 6.33. The lowest BCUT2D eigenvalue weighted by Gasteiger charge is -2.52. The average molecular weight is 515 g/mol. The number of methoxy groups -OCH3 is 1. The Morgan fingerprint density at radius 1 is 0.818 bits per heavy atom. The lowest BCUT2D eigenvalue weighted by Crippen LogP contribution is -2.65. The third kappa shape index (κ3) is 6.45. The minimum absolute atomic E-state index is 0.0163. The van der Waals surface area contributed by atoms with Crippen LogP contribution in [0.2, 0.25) is 36.3 Å². The van der Waals surface area contributed by atoms with E-state index in [4.69, 9.17) is 18.3 Å². The van der Waals surface area contributed by atoms with Gasteiger partial charge in [-0.3, -0.25) is 4.21 Å². The quantitative estimate of drug-likeness (QED) is 0.398. The molecule has 1 fully saturated rings. The van der Waals surface area contributed by atoms with Crippen LogP contribution in [-0.4, -0.2) is 57.8 Å². The molecule has 0 bridgehead atoms. The van der Waals surface area contributed by atoms with Crippen molar-refractivity contribution in [1.29, 1.82) is 0 Å². The third-order valence-corrected chi connectivity index (χ3v) is 18.1. The van der Waals surface area contributed by atoms with Crippen molar-refractivity contribution in [2.45, 2.75) is 119 Å². The van der Waals surface area contributed by atoms with Crippen molar-refractivity contribution in [3.8, 4) is 0 Å². The van der Waals surface area contributed by atoms with Gasteiger partial charge in [-0.2, -0.15) is 0 Å². The highest BCUT2D eigenvalue weighted by molar-refractivity contribution is 7.85. The molecule has 8 heteroatoms. The van der Waals surface area contributed by atoms with Crippen LogP contribution in [0.15, 0.2) is 35.2 Å². The Morgan fingerprint density at radius 3 is 1.70 bits per heavy atom. The second kappa shape index (κ2) is 10.3. The van der Waals surface area contributed by atoms with Gasteiger partial charge in [0, 0.05) is 12.0 Å². The standard InChI is InChI=1S/C25H46O5SSi2/c1-18-20(29-32(9,10)24(2,3)4)21(30-33(11,12)25(5,6)7)22(27-8)23(28-18)31(26)19-16-14-13-15-17-19/h13-18,20-23H,1-12H3/t18-,20-,21+,22+,23-,31?/m0/s1. The van der Waals surface area contributed by atoms with Crippen molar-refractivity contribution in [2.75, 3.05) is 7.11 Å². The molecule has 0 radical (unpaired) electrons. The Morgan fingerprint density at radius 2 is 1.27 bits per heavy atom. The zero-order chi connectivity index (χ0) is 25.4. The van der Waals surface area contributed by atoms with Crippen molar-refractivity contribution in [1.82, 2.24) is 0 Å². The summed E-state index contributed by atoms with van der Waals surface area (Å²) in [5.41, 5.74) is -0.638. The first kappa shape index (κ1) is 28.9. The second-order valence-electron chi connectivity index (χ2n) is 12.2. The Kier molecular flexibility index (Phi) is 9.04. The van der Waals surface area contributed by atoms with Gasteiger partial charge >= 0.3 is 0 Å². The van der Waals surface area contributed by atoms with Crippen LogP contribution in [0.5, 0.6) is 0 Å². The first-order valence-electron chi connectivity index (χ1n) is 11.9. The molecule has 1 aromatic rings. The molecule has 1 aromatic carbocycles. The van der Waals surface area contributed by atoms with Gasteiger partial charge in [-0.1, -0.05) is 59.7 Å². The van der Waals surface area contributed by atoms with E-state index < -0.39 is 39.0 Å².